The zero-order chi connectivity index (χ0) is 11.5. The van der Waals surface area contributed by atoms with Crippen molar-refractivity contribution in [2.24, 2.45) is 5.92 Å². The van der Waals surface area contributed by atoms with Crippen LogP contribution in [0.5, 0.6) is 0 Å². The summed E-state index contributed by atoms with van der Waals surface area (Å²) in [6.07, 6.45) is 4.33. The van der Waals surface area contributed by atoms with Gasteiger partial charge in [0.25, 0.3) is 0 Å². The summed E-state index contributed by atoms with van der Waals surface area (Å²) in [6.45, 7) is 5.04. The Morgan fingerprint density at radius 2 is 2.38 bits per heavy atom. The number of hydrogen-bond donors (Lipinski definition) is 0. The second-order valence-electron chi connectivity index (χ2n) is 4.00. The first kappa shape index (κ1) is 11.0. The van der Waals surface area contributed by atoms with Crippen molar-refractivity contribution in [2.75, 3.05) is 0 Å². The number of carbonyl (C=O) groups is 1. The third kappa shape index (κ3) is 2.19. The second kappa shape index (κ2) is 4.57. The van der Waals surface area contributed by atoms with E-state index in [9.17, 15) is 4.79 Å². The van der Waals surface area contributed by atoms with E-state index in [1.165, 1.54) is 11.3 Å². The van der Waals surface area contributed by atoms with E-state index in [4.69, 9.17) is 0 Å². The smallest absolute Gasteiger partial charge is 0.153 e. The zero-order valence-electron chi connectivity index (χ0n) is 9.25. The minimum atomic E-state index is 0.503. The minimum Gasteiger partial charge on any atom is -0.298 e. The Kier molecular flexibility index (Phi) is 3.14. The standard InChI is InChI=1S/C11H13N3OS/c1-8(2)5-14-6-9(7-15)10(13-14)11-12-3-4-16-11/h3-4,6-8H,5H2,1-2H3. The Bertz CT molecular complexity index is 473. The molecule has 0 saturated carbocycles. The summed E-state index contributed by atoms with van der Waals surface area (Å²) in [6, 6.07) is 0. The number of hydrogen-bond acceptors (Lipinski definition) is 4. The van der Waals surface area contributed by atoms with Gasteiger partial charge in [-0.05, 0) is 5.92 Å². The first-order valence-corrected chi connectivity index (χ1v) is 6.01. The molecule has 2 aromatic heterocycles. The highest BCUT2D eigenvalue weighted by Crippen LogP contribution is 2.23. The van der Waals surface area contributed by atoms with Crippen molar-refractivity contribution in [3.63, 3.8) is 0 Å². The zero-order valence-corrected chi connectivity index (χ0v) is 10.1. The maximum atomic E-state index is 10.9. The van der Waals surface area contributed by atoms with Crippen molar-refractivity contribution in [1.82, 2.24) is 14.8 Å². The molecule has 0 bridgehead atoms. The van der Waals surface area contributed by atoms with Crippen LogP contribution >= 0.6 is 11.3 Å². The number of carbonyl (C=O) groups excluding carboxylic acids is 1. The van der Waals surface area contributed by atoms with Gasteiger partial charge in [-0.2, -0.15) is 5.10 Å². The van der Waals surface area contributed by atoms with E-state index in [2.05, 4.69) is 23.9 Å². The maximum Gasteiger partial charge on any atom is 0.153 e. The first-order valence-electron chi connectivity index (χ1n) is 5.13. The van der Waals surface area contributed by atoms with E-state index in [1.54, 1.807) is 12.4 Å². The third-order valence-electron chi connectivity index (χ3n) is 2.10. The molecule has 2 aromatic rings. The molecule has 84 valence electrons. The summed E-state index contributed by atoms with van der Waals surface area (Å²) in [4.78, 5) is 15.1. The number of nitrogens with zero attached hydrogens (tertiary/aromatic N) is 3. The Hall–Kier alpha value is -1.49. The highest BCUT2D eigenvalue weighted by Gasteiger charge is 2.13. The van der Waals surface area contributed by atoms with Gasteiger partial charge in [0.15, 0.2) is 6.29 Å². The molecular weight excluding hydrogens is 222 g/mol. The summed E-state index contributed by atoms with van der Waals surface area (Å²) in [5.41, 5.74) is 1.29. The van der Waals surface area contributed by atoms with Gasteiger partial charge in [-0.25, -0.2) is 4.98 Å². The molecule has 0 aliphatic rings. The molecule has 2 rings (SSSR count). The molecule has 0 aliphatic heterocycles. The molecule has 2 heterocycles. The van der Waals surface area contributed by atoms with Gasteiger partial charge in [-0.3, -0.25) is 9.48 Å². The van der Waals surface area contributed by atoms with Crippen LogP contribution in [0.3, 0.4) is 0 Å². The van der Waals surface area contributed by atoms with Gasteiger partial charge in [0, 0.05) is 24.3 Å². The van der Waals surface area contributed by atoms with Crippen LogP contribution in [0.4, 0.5) is 0 Å². The van der Waals surface area contributed by atoms with Crippen LogP contribution in [0.1, 0.15) is 24.2 Å². The maximum absolute atomic E-state index is 10.9. The molecule has 16 heavy (non-hydrogen) atoms. The second-order valence-corrected chi connectivity index (χ2v) is 4.90. The van der Waals surface area contributed by atoms with Crippen LogP contribution in [0.2, 0.25) is 0 Å². The van der Waals surface area contributed by atoms with Crippen LogP contribution in [0, 0.1) is 5.92 Å². The van der Waals surface area contributed by atoms with E-state index in [1.807, 2.05) is 10.1 Å². The van der Waals surface area contributed by atoms with Crippen molar-refractivity contribution < 1.29 is 4.79 Å². The van der Waals surface area contributed by atoms with Gasteiger partial charge in [0.1, 0.15) is 10.7 Å². The highest BCUT2D eigenvalue weighted by molar-refractivity contribution is 7.13. The number of rotatable bonds is 4. The van der Waals surface area contributed by atoms with Crippen molar-refractivity contribution >= 4 is 17.6 Å². The predicted octanol–water partition coefficient (Wildman–Crippen LogP) is 2.48. The SMILES string of the molecule is CC(C)Cn1cc(C=O)c(-c2nccs2)n1. The summed E-state index contributed by atoms with van der Waals surface area (Å²) in [7, 11) is 0. The Morgan fingerprint density at radius 1 is 1.56 bits per heavy atom. The van der Waals surface area contributed by atoms with Crippen molar-refractivity contribution in [2.45, 2.75) is 20.4 Å². The highest BCUT2D eigenvalue weighted by atomic mass is 32.1. The van der Waals surface area contributed by atoms with Crippen LogP contribution in [-0.4, -0.2) is 21.1 Å². The van der Waals surface area contributed by atoms with Crippen LogP contribution in [0.15, 0.2) is 17.8 Å². The summed E-state index contributed by atoms with van der Waals surface area (Å²) >= 11 is 1.49. The quantitative estimate of drug-likeness (QED) is 0.765. The van der Waals surface area contributed by atoms with E-state index in [0.717, 1.165) is 17.8 Å². The fourth-order valence-electron chi connectivity index (χ4n) is 1.50. The van der Waals surface area contributed by atoms with Crippen LogP contribution < -0.4 is 0 Å². The number of thiazole rings is 1. The first-order chi connectivity index (χ1) is 7.70. The Morgan fingerprint density at radius 3 is 2.94 bits per heavy atom. The lowest BCUT2D eigenvalue weighted by Gasteiger charge is -2.03. The molecule has 0 spiro atoms. The summed E-state index contributed by atoms with van der Waals surface area (Å²) < 4.78 is 1.81. The van der Waals surface area contributed by atoms with E-state index < -0.39 is 0 Å². The lowest BCUT2D eigenvalue weighted by Crippen LogP contribution is -2.04. The van der Waals surface area contributed by atoms with Crippen LogP contribution in [-0.2, 0) is 6.54 Å². The number of aromatic nitrogens is 3. The fourth-order valence-corrected chi connectivity index (χ4v) is 2.14. The molecule has 0 atom stereocenters. The van der Waals surface area contributed by atoms with E-state index in [-0.39, 0.29) is 0 Å². The Labute approximate surface area is 97.9 Å². The van der Waals surface area contributed by atoms with Gasteiger partial charge in [0.05, 0.1) is 5.56 Å². The van der Waals surface area contributed by atoms with E-state index >= 15 is 0 Å². The van der Waals surface area contributed by atoms with Gasteiger partial charge in [0.2, 0.25) is 0 Å². The average Bonchev–Trinajstić information content (AvgIpc) is 2.83. The van der Waals surface area contributed by atoms with Crippen molar-refractivity contribution in [3.05, 3.63) is 23.3 Å². The molecule has 0 N–H and O–H groups in total. The molecule has 0 unspecified atom stereocenters. The molecule has 0 saturated heterocycles. The lowest BCUT2D eigenvalue weighted by atomic mass is 10.2. The normalized spacial score (nSPS) is 10.9. The topological polar surface area (TPSA) is 47.8 Å². The molecule has 0 amide bonds. The van der Waals surface area contributed by atoms with Gasteiger partial charge in [-0.1, -0.05) is 13.8 Å². The monoisotopic (exact) mass is 235 g/mol. The molecular formula is C11H13N3OS. The van der Waals surface area contributed by atoms with Gasteiger partial charge < -0.3 is 0 Å². The van der Waals surface area contributed by atoms with Crippen molar-refractivity contribution in [3.8, 4) is 10.7 Å². The minimum absolute atomic E-state index is 0.503. The molecule has 0 fully saturated rings. The Balaban J connectivity index is 2.37. The third-order valence-corrected chi connectivity index (χ3v) is 2.88. The molecule has 4 nitrogen and oxygen atoms in total. The van der Waals surface area contributed by atoms with Crippen molar-refractivity contribution in [1.29, 1.82) is 0 Å². The molecule has 0 aliphatic carbocycles. The molecule has 0 aromatic carbocycles. The van der Waals surface area contributed by atoms with Crippen LogP contribution in [0.25, 0.3) is 10.7 Å². The molecule has 5 heteroatoms. The predicted molar refractivity (Wildman–Crippen MR) is 63.6 cm³/mol. The number of aldehydes is 1. The lowest BCUT2D eigenvalue weighted by molar-refractivity contribution is 0.112. The summed E-state index contributed by atoms with van der Waals surface area (Å²) in [5, 5.41) is 7.07. The van der Waals surface area contributed by atoms with Gasteiger partial charge in [-0.15, -0.1) is 11.3 Å². The summed E-state index contributed by atoms with van der Waals surface area (Å²) in [5.74, 6) is 0.503. The molecule has 0 radical (unpaired) electrons. The largest absolute Gasteiger partial charge is 0.298 e. The van der Waals surface area contributed by atoms with E-state index in [0.29, 0.717) is 17.2 Å². The van der Waals surface area contributed by atoms with Gasteiger partial charge >= 0.3 is 0 Å². The fraction of sp³-hybridized carbons (Fsp3) is 0.364. The average molecular weight is 235 g/mol.